The van der Waals surface area contributed by atoms with Crippen LogP contribution in [-0.4, -0.2) is 65.3 Å². The lowest BCUT2D eigenvalue weighted by molar-refractivity contribution is -0.118. The molecule has 0 unspecified atom stereocenters. The van der Waals surface area contributed by atoms with E-state index < -0.39 is 0 Å². The van der Waals surface area contributed by atoms with E-state index in [0.29, 0.717) is 18.6 Å². The molecule has 33 heavy (non-hydrogen) atoms. The van der Waals surface area contributed by atoms with Gasteiger partial charge < -0.3 is 14.8 Å². The Labute approximate surface area is 198 Å². The summed E-state index contributed by atoms with van der Waals surface area (Å²) in [7, 11) is 2.18. The number of aromatic amines is 1. The van der Waals surface area contributed by atoms with Gasteiger partial charge in [0.05, 0.1) is 11.0 Å². The van der Waals surface area contributed by atoms with Crippen LogP contribution in [0.2, 0.25) is 0 Å². The number of rotatable bonds is 11. The van der Waals surface area contributed by atoms with Crippen molar-refractivity contribution in [2.24, 2.45) is 0 Å². The average molecular weight is 447 g/mol. The van der Waals surface area contributed by atoms with Crippen molar-refractivity contribution in [3.8, 4) is 0 Å². The van der Waals surface area contributed by atoms with Crippen LogP contribution in [0.5, 0.6) is 0 Å². The number of fused-ring (bicyclic) bond motifs is 1. The van der Waals surface area contributed by atoms with Gasteiger partial charge in [-0.05, 0) is 61.7 Å². The zero-order valence-electron chi connectivity index (χ0n) is 20.3. The number of benzene rings is 2. The molecule has 0 radical (unpaired) electrons. The van der Waals surface area contributed by atoms with Crippen LogP contribution in [0, 0.1) is 0 Å². The van der Waals surface area contributed by atoms with Crippen LogP contribution >= 0.6 is 0 Å². The summed E-state index contributed by atoms with van der Waals surface area (Å²) < 4.78 is 0. The maximum Gasteiger partial charge on any atom is 0.137 e. The first-order chi connectivity index (χ1) is 16.1. The summed E-state index contributed by atoms with van der Waals surface area (Å²) in [6, 6.07) is 14.9. The molecule has 1 N–H and O–H groups in total. The van der Waals surface area contributed by atoms with E-state index in [2.05, 4.69) is 53.0 Å². The largest absolute Gasteiger partial charge is 0.342 e. The average Bonchev–Trinajstić information content (AvgIpc) is 3.21. The summed E-state index contributed by atoms with van der Waals surface area (Å²) in [5.74, 6) is 1.33. The zero-order valence-corrected chi connectivity index (χ0v) is 20.3. The molecule has 0 bridgehead atoms. The first-order valence-corrected chi connectivity index (χ1v) is 12.6. The van der Waals surface area contributed by atoms with Gasteiger partial charge in [-0.2, -0.15) is 0 Å². The van der Waals surface area contributed by atoms with Gasteiger partial charge in [-0.1, -0.05) is 43.7 Å². The number of para-hydroxylation sites is 2. The number of Topliss-reactive ketones (excluding diaryl/α,β-unsaturated/α-hetero) is 1. The van der Waals surface area contributed by atoms with Crippen molar-refractivity contribution < 1.29 is 4.79 Å². The van der Waals surface area contributed by atoms with Crippen LogP contribution in [0.4, 0.5) is 0 Å². The van der Waals surface area contributed by atoms with E-state index >= 15 is 0 Å². The summed E-state index contributed by atoms with van der Waals surface area (Å²) in [5.41, 5.74) is 5.81. The minimum atomic E-state index is 0.353. The van der Waals surface area contributed by atoms with Crippen molar-refractivity contribution in [3.63, 3.8) is 0 Å². The molecular weight excluding hydrogens is 408 g/mol. The summed E-state index contributed by atoms with van der Waals surface area (Å²) >= 11 is 0. The first kappa shape index (κ1) is 23.7. The number of imidazole rings is 1. The fourth-order valence-electron chi connectivity index (χ4n) is 4.74. The number of hydrogen-bond acceptors (Lipinski definition) is 4. The number of nitrogens with one attached hydrogen (secondary N) is 1. The molecule has 1 fully saturated rings. The Morgan fingerprint density at radius 2 is 1.76 bits per heavy atom. The van der Waals surface area contributed by atoms with Crippen molar-refractivity contribution >= 4 is 16.8 Å². The molecule has 1 saturated heterocycles. The van der Waals surface area contributed by atoms with Gasteiger partial charge >= 0.3 is 0 Å². The highest BCUT2D eigenvalue weighted by Gasteiger charge is 2.14. The number of aryl methyl sites for hydroxylation is 1. The van der Waals surface area contributed by atoms with E-state index in [0.717, 1.165) is 74.4 Å². The molecule has 5 heteroatoms. The SMILES string of the molecule is CCCCc1cc(CC(=O)CCCN2CCN(C)CC2)cc(Cc2nc3ccccc3[nH]2)c1. The molecule has 0 spiro atoms. The number of unbranched alkanes of at least 4 members (excludes halogenated alkanes) is 1. The van der Waals surface area contributed by atoms with Crippen LogP contribution in [0.3, 0.4) is 0 Å². The number of piperazine rings is 1. The Morgan fingerprint density at radius 3 is 2.55 bits per heavy atom. The third-order valence-electron chi connectivity index (χ3n) is 6.67. The number of carbonyl (C=O) groups is 1. The van der Waals surface area contributed by atoms with E-state index in [4.69, 9.17) is 4.98 Å². The number of H-pyrrole nitrogens is 1. The van der Waals surface area contributed by atoms with Gasteiger partial charge in [0.2, 0.25) is 0 Å². The van der Waals surface area contributed by atoms with Crippen molar-refractivity contribution in [1.29, 1.82) is 0 Å². The Hall–Kier alpha value is -2.50. The van der Waals surface area contributed by atoms with Crippen molar-refractivity contribution in [2.45, 2.75) is 51.9 Å². The number of carbonyl (C=O) groups excluding carboxylic acids is 1. The Kier molecular flexibility index (Phi) is 8.30. The molecule has 2 heterocycles. The second-order valence-corrected chi connectivity index (χ2v) is 9.60. The van der Waals surface area contributed by atoms with Gasteiger partial charge in [-0.3, -0.25) is 4.79 Å². The lowest BCUT2D eigenvalue weighted by Gasteiger charge is -2.32. The molecule has 2 aromatic carbocycles. The molecule has 1 aliphatic heterocycles. The molecule has 1 aromatic heterocycles. The van der Waals surface area contributed by atoms with Crippen LogP contribution in [0.15, 0.2) is 42.5 Å². The number of nitrogens with zero attached hydrogens (tertiary/aromatic N) is 3. The quantitative estimate of drug-likeness (QED) is 0.466. The second-order valence-electron chi connectivity index (χ2n) is 9.60. The summed E-state index contributed by atoms with van der Waals surface area (Å²) in [6.45, 7) is 7.76. The number of likely N-dealkylation sites (N-methyl/N-ethyl adjacent to an activating group) is 1. The second kappa shape index (κ2) is 11.6. The third-order valence-corrected chi connectivity index (χ3v) is 6.67. The molecule has 5 nitrogen and oxygen atoms in total. The van der Waals surface area contributed by atoms with E-state index in [9.17, 15) is 4.79 Å². The minimum absolute atomic E-state index is 0.353. The molecule has 0 saturated carbocycles. The van der Waals surface area contributed by atoms with Crippen LogP contribution < -0.4 is 0 Å². The normalized spacial score (nSPS) is 15.3. The topological polar surface area (TPSA) is 52.2 Å². The monoisotopic (exact) mass is 446 g/mol. The number of ketones is 1. The van der Waals surface area contributed by atoms with Gasteiger partial charge in [0.15, 0.2) is 0 Å². The van der Waals surface area contributed by atoms with E-state index in [-0.39, 0.29) is 0 Å². The summed E-state index contributed by atoms with van der Waals surface area (Å²) in [4.78, 5) is 25.8. The molecule has 3 aromatic rings. The highest BCUT2D eigenvalue weighted by Crippen LogP contribution is 2.19. The van der Waals surface area contributed by atoms with Gasteiger partial charge in [-0.25, -0.2) is 4.98 Å². The lowest BCUT2D eigenvalue weighted by atomic mass is 9.96. The first-order valence-electron chi connectivity index (χ1n) is 12.6. The number of aromatic nitrogens is 2. The van der Waals surface area contributed by atoms with E-state index in [1.165, 1.54) is 24.0 Å². The highest BCUT2D eigenvalue weighted by molar-refractivity contribution is 5.81. The van der Waals surface area contributed by atoms with Gasteiger partial charge in [0, 0.05) is 45.4 Å². The Bertz CT molecular complexity index is 1020. The maximum absolute atomic E-state index is 12.8. The molecule has 0 atom stereocenters. The molecule has 4 rings (SSSR count). The summed E-state index contributed by atoms with van der Waals surface area (Å²) in [6.07, 6.45) is 6.35. The molecule has 1 aliphatic rings. The molecule has 0 amide bonds. The fourth-order valence-corrected chi connectivity index (χ4v) is 4.74. The molecular formula is C28H38N4O. The standard InChI is InChI=1S/C28H38N4O/c1-3-4-8-22-17-23(20-25(33)9-7-12-32-15-13-31(2)14-16-32)19-24(18-22)21-28-29-26-10-5-6-11-27(26)30-28/h5-6,10-11,17-19H,3-4,7-9,12-16,20-21H2,1-2H3,(H,29,30). The predicted molar refractivity (Wildman–Crippen MR) is 136 cm³/mol. The number of hydrogen-bond donors (Lipinski definition) is 1. The van der Waals surface area contributed by atoms with Gasteiger partial charge in [0.25, 0.3) is 0 Å². The Balaban J connectivity index is 1.38. The van der Waals surface area contributed by atoms with Crippen LogP contribution in [0.1, 0.15) is 55.1 Å². The van der Waals surface area contributed by atoms with Gasteiger partial charge in [-0.15, -0.1) is 0 Å². The fraction of sp³-hybridized carbons (Fsp3) is 0.500. The van der Waals surface area contributed by atoms with E-state index in [1.54, 1.807) is 0 Å². The lowest BCUT2D eigenvalue weighted by Crippen LogP contribution is -2.44. The maximum atomic E-state index is 12.8. The zero-order chi connectivity index (χ0) is 23.0. The summed E-state index contributed by atoms with van der Waals surface area (Å²) in [5, 5.41) is 0. The highest BCUT2D eigenvalue weighted by atomic mass is 16.1. The predicted octanol–water partition coefficient (Wildman–Crippen LogP) is 4.64. The molecule has 0 aliphatic carbocycles. The minimum Gasteiger partial charge on any atom is -0.342 e. The third kappa shape index (κ3) is 6.99. The van der Waals surface area contributed by atoms with Crippen molar-refractivity contribution in [2.75, 3.05) is 39.8 Å². The smallest absolute Gasteiger partial charge is 0.137 e. The van der Waals surface area contributed by atoms with Crippen LogP contribution in [0.25, 0.3) is 11.0 Å². The van der Waals surface area contributed by atoms with E-state index in [1.807, 2.05) is 18.2 Å². The van der Waals surface area contributed by atoms with Crippen molar-refractivity contribution in [3.05, 3.63) is 65.0 Å². The molecule has 176 valence electrons. The Morgan fingerprint density at radius 1 is 1.00 bits per heavy atom. The van der Waals surface area contributed by atoms with Crippen LogP contribution in [-0.2, 0) is 24.1 Å². The van der Waals surface area contributed by atoms with Crippen molar-refractivity contribution in [1.82, 2.24) is 19.8 Å². The van der Waals surface area contributed by atoms with Gasteiger partial charge in [0.1, 0.15) is 11.6 Å².